The van der Waals surface area contributed by atoms with Crippen molar-refractivity contribution in [2.24, 2.45) is 0 Å². The Morgan fingerprint density at radius 2 is 1.92 bits per heavy atom. The summed E-state index contributed by atoms with van der Waals surface area (Å²) in [7, 11) is -3.61. The van der Waals surface area contributed by atoms with Crippen molar-refractivity contribution in [3.8, 4) is 11.5 Å². The number of unbranched alkanes of at least 4 members (excludes halogenated alkanes) is 1. The van der Waals surface area contributed by atoms with E-state index in [1.807, 2.05) is 0 Å². The van der Waals surface area contributed by atoms with Gasteiger partial charge in [-0.1, -0.05) is 6.42 Å². The molecule has 1 saturated heterocycles. The van der Waals surface area contributed by atoms with Crippen LogP contribution >= 0.6 is 0 Å². The second-order valence-electron chi connectivity index (χ2n) is 6.15. The van der Waals surface area contributed by atoms with Crippen LogP contribution in [-0.2, 0) is 14.6 Å². The topological polar surface area (TPSA) is 83.9 Å². The molecule has 134 valence electrons. The maximum atomic E-state index is 12.4. The number of sulfone groups is 1. The van der Waals surface area contributed by atoms with Crippen LogP contribution in [0.3, 0.4) is 0 Å². The number of benzene rings is 1. The Kier molecular flexibility index (Phi) is 6.62. The fourth-order valence-electron chi connectivity index (χ4n) is 2.89. The molecule has 0 aromatic heterocycles. The summed E-state index contributed by atoms with van der Waals surface area (Å²) in [6.45, 7) is 4.34. The molecule has 0 aliphatic carbocycles. The molecular formula is C17H25NO5S. The Morgan fingerprint density at radius 1 is 1.21 bits per heavy atom. The van der Waals surface area contributed by atoms with Gasteiger partial charge in [0.25, 0.3) is 0 Å². The van der Waals surface area contributed by atoms with Gasteiger partial charge in [-0.25, -0.2) is 8.42 Å². The SMILES string of the molecule is CC(=O)Oc1ccc(O)c(S(=O)(=O)CCCCN2CCCCC2)c1. The van der Waals surface area contributed by atoms with Gasteiger partial charge in [0.05, 0.1) is 5.75 Å². The van der Waals surface area contributed by atoms with Crippen LogP contribution in [0.5, 0.6) is 11.5 Å². The Balaban J connectivity index is 1.92. The molecule has 0 unspecified atom stereocenters. The normalized spacial score (nSPS) is 16.0. The van der Waals surface area contributed by atoms with Crippen LogP contribution in [0.25, 0.3) is 0 Å². The quantitative estimate of drug-likeness (QED) is 0.459. The summed E-state index contributed by atoms with van der Waals surface area (Å²) in [4.78, 5) is 13.2. The van der Waals surface area contributed by atoms with Gasteiger partial charge in [0.1, 0.15) is 16.4 Å². The molecule has 0 saturated carbocycles. The fraction of sp³-hybridized carbons (Fsp3) is 0.588. The Morgan fingerprint density at radius 3 is 2.58 bits per heavy atom. The first-order valence-corrected chi connectivity index (χ1v) is 10.0. The van der Waals surface area contributed by atoms with E-state index in [-0.39, 0.29) is 22.1 Å². The van der Waals surface area contributed by atoms with E-state index in [4.69, 9.17) is 4.74 Å². The average molecular weight is 355 g/mol. The number of phenolic OH excluding ortho intramolecular Hbond substituents is 1. The number of hydrogen-bond donors (Lipinski definition) is 1. The van der Waals surface area contributed by atoms with Crippen LogP contribution in [0.2, 0.25) is 0 Å². The van der Waals surface area contributed by atoms with Gasteiger partial charge in [0, 0.05) is 13.0 Å². The molecular weight excluding hydrogens is 330 g/mol. The number of phenols is 1. The summed E-state index contributed by atoms with van der Waals surface area (Å²) >= 11 is 0. The van der Waals surface area contributed by atoms with E-state index in [0.29, 0.717) is 6.42 Å². The third-order valence-corrected chi connectivity index (χ3v) is 5.94. The highest BCUT2D eigenvalue weighted by atomic mass is 32.2. The van der Waals surface area contributed by atoms with E-state index >= 15 is 0 Å². The van der Waals surface area contributed by atoms with Crippen LogP contribution in [-0.4, -0.2) is 49.8 Å². The van der Waals surface area contributed by atoms with Crippen molar-refractivity contribution in [2.75, 3.05) is 25.4 Å². The molecule has 24 heavy (non-hydrogen) atoms. The lowest BCUT2D eigenvalue weighted by Crippen LogP contribution is -2.30. The number of hydrogen-bond acceptors (Lipinski definition) is 6. The van der Waals surface area contributed by atoms with E-state index in [1.165, 1.54) is 44.4 Å². The van der Waals surface area contributed by atoms with Crippen molar-refractivity contribution < 1.29 is 23.1 Å². The third-order valence-electron chi connectivity index (χ3n) is 4.11. The Bertz CT molecular complexity index is 666. The molecule has 1 aromatic carbocycles. The number of carbonyl (C=O) groups excluding carboxylic acids is 1. The van der Waals surface area contributed by atoms with Gasteiger partial charge < -0.3 is 14.7 Å². The molecule has 7 heteroatoms. The number of piperidine rings is 1. The highest BCUT2D eigenvalue weighted by molar-refractivity contribution is 7.91. The van der Waals surface area contributed by atoms with Crippen LogP contribution in [0, 0.1) is 0 Å². The third kappa shape index (κ3) is 5.49. The van der Waals surface area contributed by atoms with Gasteiger partial charge in [-0.15, -0.1) is 0 Å². The van der Waals surface area contributed by atoms with E-state index < -0.39 is 15.8 Å². The van der Waals surface area contributed by atoms with Crippen molar-refractivity contribution in [1.29, 1.82) is 0 Å². The second-order valence-corrected chi connectivity index (χ2v) is 8.23. The van der Waals surface area contributed by atoms with Crippen LogP contribution in [0.4, 0.5) is 0 Å². The number of likely N-dealkylation sites (tertiary alicyclic amines) is 1. The summed E-state index contributed by atoms with van der Waals surface area (Å²) in [5.74, 6) is -0.766. The monoisotopic (exact) mass is 355 g/mol. The van der Waals surface area contributed by atoms with Crippen LogP contribution in [0.15, 0.2) is 23.1 Å². The van der Waals surface area contributed by atoms with Gasteiger partial charge >= 0.3 is 5.97 Å². The minimum absolute atomic E-state index is 0.0298. The Labute approximate surface area is 143 Å². The smallest absolute Gasteiger partial charge is 0.308 e. The highest BCUT2D eigenvalue weighted by Crippen LogP contribution is 2.28. The number of rotatable bonds is 7. The summed E-state index contributed by atoms with van der Waals surface area (Å²) in [6.07, 6.45) is 5.06. The minimum Gasteiger partial charge on any atom is -0.507 e. The largest absolute Gasteiger partial charge is 0.507 e. The first-order chi connectivity index (χ1) is 11.4. The molecule has 1 aliphatic rings. The van der Waals surface area contributed by atoms with Crippen molar-refractivity contribution in [3.63, 3.8) is 0 Å². The molecule has 0 amide bonds. The molecule has 0 bridgehead atoms. The molecule has 0 atom stereocenters. The predicted octanol–water partition coefficient (Wildman–Crippen LogP) is 2.36. The average Bonchev–Trinajstić information content (AvgIpc) is 2.54. The van der Waals surface area contributed by atoms with Crippen LogP contribution in [0.1, 0.15) is 39.0 Å². The maximum absolute atomic E-state index is 12.4. The molecule has 1 heterocycles. The van der Waals surface area contributed by atoms with Crippen LogP contribution < -0.4 is 4.74 Å². The first-order valence-electron chi connectivity index (χ1n) is 8.35. The molecule has 1 fully saturated rings. The molecule has 1 N–H and O–H groups in total. The summed E-state index contributed by atoms with van der Waals surface area (Å²) in [6, 6.07) is 3.81. The van der Waals surface area contributed by atoms with E-state index in [9.17, 15) is 18.3 Å². The molecule has 1 aliphatic heterocycles. The lowest BCUT2D eigenvalue weighted by atomic mass is 10.1. The van der Waals surface area contributed by atoms with Crippen molar-refractivity contribution >= 4 is 15.8 Å². The lowest BCUT2D eigenvalue weighted by molar-refractivity contribution is -0.131. The number of aromatic hydroxyl groups is 1. The molecule has 6 nitrogen and oxygen atoms in total. The summed E-state index contributed by atoms with van der Waals surface area (Å²) in [5.41, 5.74) is 0. The van der Waals surface area contributed by atoms with E-state index in [0.717, 1.165) is 26.1 Å². The van der Waals surface area contributed by atoms with Gasteiger partial charge in [0.15, 0.2) is 9.84 Å². The van der Waals surface area contributed by atoms with E-state index in [2.05, 4.69) is 4.90 Å². The zero-order chi connectivity index (χ0) is 17.6. The minimum atomic E-state index is -3.61. The van der Waals surface area contributed by atoms with Gasteiger partial charge in [-0.2, -0.15) is 0 Å². The standard InChI is InChI=1S/C17H25NO5S/c1-14(19)23-15-7-8-16(20)17(13-15)24(21,22)12-6-5-11-18-9-3-2-4-10-18/h7-8,13,20H,2-6,9-12H2,1H3. The molecule has 0 radical (unpaired) electrons. The number of carbonyl (C=O) groups is 1. The van der Waals surface area contributed by atoms with Gasteiger partial charge in [0.2, 0.25) is 0 Å². The van der Waals surface area contributed by atoms with Crippen molar-refractivity contribution in [1.82, 2.24) is 4.90 Å². The number of esters is 1. The number of ether oxygens (including phenoxy) is 1. The summed E-state index contributed by atoms with van der Waals surface area (Å²) in [5, 5.41) is 9.84. The van der Waals surface area contributed by atoms with Crippen molar-refractivity contribution in [3.05, 3.63) is 18.2 Å². The molecule has 1 aromatic rings. The lowest BCUT2D eigenvalue weighted by Gasteiger charge is -2.26. The summed E-state index contributed by atoms with van der Waals surface area (Å²) < 4.78 is 29.7. The zero-order valence-corrected chi connectivity index (χ0v) is 14.8. The zero-order valence-electron chi connectivity index (χ0n) is 14.0. The van der Waals surface area contributed by atoms with Gasteiger partial charge in [-0.05, 0) is 57.5 Å². The first kappa shape index (κ1) is 18.7. The highest BCUT2D eigenvalue weighted by Gasteiger charge is 2.20. The van der Waals surface area contributed by atoms with E-state index in [1.54, 1.807) is 0 Å². The van der Waals surface area contributed by atoms with Gasteiger partial charge in [-0.3, -0.25) is 4.79 Å². The second kappa shape index (κ2) is 8.48. The maximum Gasteiger partial charge on any atom is 0.308 e. The molecule has 0 spiro atoms. The predicted molar refractivity (Wildman–Crippen MR) is 91.0 cm³/mol. The van der Waals surface area contributed by atoms with Crippen molar-refractivity contribution in [2.45, 2.75) is 43.9 Å². The number of nitrogens with zero attached hydrogens (tertiary/aromatic N) is 1. The fourth-order valence-corrected chi connectivity index (χ4v) is 4.38. The molecule has 2 rings (SSSR count). The Hall–Kier alpha value is -1.60.